The van der Waals surface area contributed by atoms with E-state index in [-0.39, 0.29) is 0 Å². The van der Waals surface area contributed by atoms with Crippen molar-refractivity contribution in [2.24, 2.45) is 5.73 Å². The number of rotatable bonds is 5. The molecule has 0 saturated carbocycles. The quantitative estimate of drug-likeness (QED) is 0.301. The van der Waals surface area contributed by atoms with E-state index in [0.717, 1.165) is 0 Å². The smallest absolute Gasteiger partial charge is 0.163 e. The van der Waals surface area contributed by atoms with Gasteiger partial charge in [0, 0.05) is 7.11 Å². The molecule has 4 nitrogen and oxygen atoms in total. The lowest BCUT2D eigenvalue weighted by Crippen LogP contribution is -2.26. The Morgan fingerprint density at radius 3 is 2.78 bits per heavy atom. The molecule has 0 fully saturated rings. The highest BCUT2D eigenvalue weighted by atomic mass is 16.5. The van der Waals surface area contributed by atoms with Gasteiger partial charge >= 0.3 is 0 Å². The van der Waals surface area contributed by atoms with E-state index in [1.807, 2.05) is 0 Å². The van der Waals surface area contributed by atoms with E-state index in [2.05, 4.69) is 4.74 Å². The summed E-state index contributed by atoms with van der Waals surface area (Å²) >= 11 is 0. The van der Waals surface area contributed by atoms with Crippen molar-refractivity contribution in [1.82, 2.24) is 0 Å². The minimum Gasteiger partial charge on any atom is -0.382 e. The number of aldehydes is 1. The molecule has 1 unspecified atom stereocenters. The summed E-state index contributed by atoms with van der Waals surface area (Å²) < 4.78 is 9.36. The zero-order valence-electron chi connectivity index (χ0n) is 5.37. The third-order valence-electron chi connectivity index (χ3n) is 0.732. The van der Waals surface area contributed by atoms with Gasteiger partial charge < -0.3 is 9.47 Å². The van der Waals surface area contributed by atoms with Crippen LogP contribution in [0.5, 0.6) is 0 Å². The number of nitrogens with two attached hydrogens (primary N) is 1. The van der Waals surface area contributed by atoms with Crippen LogP contribution in [0.1, 0.15) is 0 Å². The zero-order valence-corrected chi connectivity index (χ0v) is 5.37. The molecule has 0 aromatic carbocycles. The number of hydrogen-bond donors (Lipinski definition) is 1. The fraction of sp³-hybridized carbons (Fsp3) is 0.800. The monoisotopic (exact) mass is 133 g/mol. The Labute approximate surface area is 53.9 Å². The van der Waals surface area contributed by atoms with Crippen molar-refractivity contribution in [1.29, 1.82) is 0 Å². The molecule has 0 radical (unpaired) electrons. The van der Waals surface area contributed by atoms with Crippen LogP contribution in [-0.2, 0) is 14.3 Å². The molecule has 0 aromatic rings. The molecular weight excluding hydrogens is 122 g/mol. The van der Waals surface area contributed by atoms with E-state index in [9.17, 15) is 4.79 Å². The summed E-state index contributed by atoms with van der Waals surface area (Å²) in [7, 11) is 1.55. The number of methoxy groups -OCH3 is 1. The molecule has 0 rings (SSSR count). The lowest BCUT2D eigenvalue weighted by atomic mass is 10.6. The fourth-order valence-corrected chi connectivity index (χ4v) is 0.307. The Kier molecular flexibility index (Phi) is 5.40. The summed E-state index contributed by atoms with van der Waals surface area (Å²) in [5.41, 5.74) is 5.07. The predicted octanol–water partition coefficient (Wildman–Crippen LogP) is -0.867. The van der Waals surface area contributed by atoms with Crippen molar-refractivity contribution in [3.05, 3.63) is 0 Å². The van der Waals surface area contributed by atoms with E-state index >= 15 is 0 Å². The van der Waals surface area contributed by atoms with Gasteiger partial charge in [-0.15, -0.1) is 0 Å². The van der Waals surface area contributed by atoms with Crippen molar-refractivity contribution in [3.8, 4) is 0 Å². The molecule has 54 valence electrons. The Bertz CT molecular complexity index is 76.6. The molecule has 0 aliphatic rings. The second-order valence-corrected chi connectivity index (χ2v) is 1.46. The van der Waals surface area contributed by atoms with Gasteiger partial charge in [-0.2, -0.15) is 0 Å². The first-order chi connectivity index (χ1) is 4.31. The molecule has 1 atom stereocenters. The van der Waals surface area contributed by atoms with Crippen LogP contribution in [0, 0.1) is 0 Å². The first kappa shape index (κ1) is 8.55. The minimum absolute atomic E-state index is 0.358. The average molecular weight is 133 g/mol. The molecule has 0 spiro atoms. The predicted molar refractivity (Wildman–Crippen MR) is 31.9 cm³/mol. The molecule has 0 aliphatic heterocycles. The number of carbonyl (C=O) groups is 1. The summed E-state index contributed by atoms with van der Waals surface area (Å²) in [6, 6.07) is 0. The fourth-order valence-electron chi connectivity index (χ4n) is 0.307. The summed E-state index contributed by atoms with van der Waals surface area (Å²) in [5, 5.41) is 0. The zero-order chi connectivity index (χ0) is 7.11. The van der Waals surface area contributed by atoms with Crippen LogP contribution in [0.4, 0.5) is 0 Å². The normalized spacial score (nSPS) is 13.1. The maximum Gasteiger partial charge on any atom is 0.163 e. The first-order valence-corrected chi connectivity index (χ1v) is 2.62. The number of hydrogen-bond acceptors (Lipinski definition) is 4. The van der Waals surface area contributed by atoms with Crippen molar-refractivity contribution in [3.63, 3.8) is 0 Å². The second kappa shape index (κ2) is 5.68. The molecule has 0 saturated heterocycles. The lowest BCUT2D eigenvalue weighted by molar-refractivity contribution is -0.118. The van der Waals surface area contributed by atoms with Gasteiger partial charge in [-0.1, -0.05) is 0 Å². The van der Waals surface area contributed by atoms with Crippen LogP contribution >= 0.6 is 0 Å². The Morgan fingerprint density at radius 2 is 2.33 bits per heavy atom. The molecule has 0 aromatic heterocycles. The molecule has 2 N–H and O–H groups in total. The Hall–Kier alpha value is -0.450. The van der Waals surface area contributed by atoms with Gasteiger partial charge in [-0.25, -0.2) is 0 Å². The van der Waals surface area contributed by atoms with Crippen molar-refractivity contribution >= 4 is 6.29 Å². The van der Waals surface area contributed by atoms with E-state index in [4.69, 9.17) is 10.5 Å². The minimum atomic E-state index is -0.805. The van der Waals surface area contributed by atoms with Crippen LogP contribution < -0.4 is 5.73 Å². The third-order valence-corrected chi connectivity index (χ3v) is 0.732. The van der Waals surface area contributed by atoms with Gasteiger partial charge in [0.2, 0.25) is 0 Å². The summed E-state index contributed by atoms with van der Waals surface area (Å²) in [4.78, 5) is 9.81. The van der Waals surface area contributed by atoms with Gasteiger partial charge in [0.25, 0.3) is 0 Å². The van der Waals surface area contributed by atoms with Crippen LogP contribution in [0.25, 0.3) is 0 Å². The SMILES string of the molecule is COCCOC(N)C=O. The molecule has 0 aliphatic carbocycles. The van der Waals surface area contributed by atoms with E-state index in [1.54, 1.807) is 7.11 Å². The Balaban J connectivity index is 2.96. The van der Waals surface area contributed by atoms with Crippen molar-refractivity contribution < 1.29 is 14.3 Å². The molecule has 4 heteroatoms. The number of ether oxygens (including phenoxy) is 2. The molecule has 0 bridgehead atoms. The molecule has 0 heterocycles. The van der Waals surface area contributed by atoms with Gasteiger partial charge in [0.05, 0.1) is 13.2 Å². The molecule has 0 amide bonds. The maximum absolute atomic E-state index is 9.81. The molecule has 9 heavy (non-hydrogen) atoms. The summed E-state index contributed by atoms with van der Waals surface area (Å²) in [6.45, 7) is 0.817. The van der Waals surface area contributed by atoms with Crippen molar-refractivity contribution in [2.75, 3.05) is 20.3 Å². The average Bonchev–Trinajstić information content (AvgIpc) is 1.89. The van der Waals surface area contributed by atoms with Crippen LogP contribution in [0.2, 0.25) is 0 Å². The van der Waals surface area contributed by atoms with Crippen LogP contribution in [-0.4, -0.2) is 32.8 Å². The highest BCUT2D eigenvalue weighted by Gasteiger charge is 1.95. The van der Waals surface area contributed by atoms with E-state index < -0.39 is 6.23 Å². The van der Waals surface area contributed by atoms with Crippen LogP contribution in [0.3, 0.4) is 0 Å². The second-order valence-electron chi connectivity index (χ2n) is 1.46. The van der Waals surface area contributed by atoms with Gasteiger partial charge in [0.1, 0.15) is 0 Å². The van der Waals surface area contributed by atoms with Gasteiger partial charge in [0.15, 0.2) is 12.5 Å². The molecular formula is C5H11NO3. The van der Waals surface area contributed by atoms with E-state index in [1.165, 1.54) is 0 Å². The third kappa shape index (κ3) is 5.42. The van der Waals surface area contributed by atoms with Gasteiger partial charge in [-0.05, 0) is 0 Å². The largest absolute Gasteiger partial charge is 0.382 e. The van der Waals surface area contributed by atoms with E-state index in [0.29, 0.717) is 19.5 Å². The van der Waals surface area contributed by atoms with Crippen molar-refractivity contribution in [2.45, 2.75) is 6.23 Å². The Morgan fingerprint density at radius 1 is 1.67 bits per heavy atom. The lowest BCUT2D eigenvalue weighted by Gasteiger charge is -2.03. The number of carbonyl (C=O) groups excluding carboxylic acids is 1. The summed E-state index contributed by atoms with van der Waals surface area (Å²) in [5.74, 6) is 0. The standard InChI is InChI=1S/C5H11NO3/c1-8-2-3-9-5(6)4-7/h4-5H,2-3,6H2,1H3. The first-order valence-electron chi connectivity index (χ1n) is 2.62. The highest BCUT2D eigenvalue weighted by Crippen LogP contribution is 1.77. The summed E-state index contributed by atoms with van der Waals surface area (Å²) in [6.07, 6.45) is -0.268. The maximum atomic E-state index is 9.81. The highest BCUT2D eigenvalue weighted by molar-refractivity contribution is 5.54. The van der Waals surface area contributed by atoms with Crippen LogP contribution in [0.15, 0.2) is 0 Å². The topological polar surface area (TPSA) is 61.6 Å². The van der Waals surface area contributed by atoms with Gasteiger partial charge in [-0.3, -0.25) is 10.5 Å².